The van der Waals surface area contributed by atoms with Gasteiger partial charge < -0.3 is 10.2 Å². The minimum Gasteiger partial charge on any atom is -0.311 e. The smallest absolute Gasteiger partial charge is 0.0328 e. The first-order chi connectivity index (χ1) is 9.66. The van der Waals surface area contributed by atoms with E-state index in [9.17, 15) is 0 Å². The monoisotopic (exact) mass is 292 g/mol. The molecular weight excluding hydrogens is 264 g/mol. The third kappa shape index (κ3) is 4.00. The van der Waals surface area contributed by atoms with Crippen molar-refractivity contribution in [2.45, 2.75) is 49.1 Å². The van der Waals surface area contributed by atoms with Gasteiger partial charge in [-0.15, -0.1) is 11.8 Å². The van der Waals surface area contributed by atoms with Crippen LogP contribution in [0.1, 0.15) is 37.7 Å². The van der Waals surface area contributed by atoms with Crippen molar-refractivity contribution in [1.82, 2.24) is 10.2 Å². The lowest BCUT2D eigenvalue weighted by Gasteiger charge is -2.43. The summed E-state index contributed by atoms with van der Waals surface area (Å²) in [7, 11) is 4.47. The van der Waals surface area contributed by atoms with Crippen LogP contribution in [0.25, 0.3) is 0 Å². The quantitative estimate of drug-likeness (QED) is 0.804. The number of likely N-dealkylation sites (N-methyl/N-ethyl adjacent to an activating group) is 1. The predicted octanol–water partition coefficient (Wildman–Crippen LogP) is 3.76. The number of thioether (sulfide) groups is 1. The number of nitrogens with one attached hydrogen (secondary N) is 1. The first-order valence-corrected chi connectivity index (χ1v) is 8.90. The van der Waals surface area contributed by atoms with Gasteiger partial charge in [0.1, 0.15) is 0 Å². The topological polar surface area (TPSA) is 15.3 Å². The highest BCUT2D eigenvalue weighted by Gasteiger charge is 2.33. The van der Waals surface area contributed by atoms with Gasteiger partial charge in [0, 0.05) is 23.5 Å². The Morgan fingerprint density at radius 2 is 1.75 bits per heavy atom. The molecule has 0 spiro atoms. The van der Waals surface area contributed by atoms with E-state index in [0.29, 0.717) is 5.54 Å². The molecule has 1 aliphatic rings. The van der Waals surface area contributed by atoms with Crippen LogP contribution < -0.4 is 5.32 Å². The van der Waals surface area contributed by atoms with E-state index in [1.807, 2.05) is 0 Å². The average molecular weight is 292 g/mol. The summed E-state index contributed by atoms with van der Waals surface area (Å²) in [6.07, 6.45) is 8.95. The maximum atomic E-state index is 3.68. The van der Waals surface area contributed by atoms with Crippen molar-refractivity contribution in [2.24, 2.45) is 0 Å². The average Bonchev–Trinajstić information content (AvgIpc) is 2.49. The van der Waals surface area contributed by atoms with Crippen LogP contribution in [-0.2, 0) is 6.54 Å². The van der Waals surface area contributed by atoms with Crippen molar-refractivity contribution in [3.63, 3.8) is 0 Å². The zero-order chi connectivity index (χ0) is 14.4. The first kappa shape index (κ1) is 15.9. The molecule has 1 fully saturated rings. The molecule has 0 aromatic heterocycles. The van der Waals surface area contributed by atoms with Gasteiger partial charge in [0.05, 0.1) is 0 Å². The molecule has 3 heteroatoms. The van der Waals surface area contributed by atoms with E-state index in [0.717, 1.165) is 13.1 Å². The minimum atomic E-state index is 0.372. The molecule has 2 rings (SSSR count). The van der Waals surface area contributed by atoms with Crippen LogP contribution in [0.4, 0.5) is 0 Å². The second kappa shape index (κ2) is 7.48. The number of nitrogens with zero attached hydrogens (tertiary/aromatic N) is 1. The molecular formula is C17H28N2S. The van der Waals surface area contributed by atoms with E-state index in [1.54, 1.807) is 11.8 Å². The molecule has 2 nitrogen and oxygen atoms in total. The Morgan fingerprint density at radius 1 is 1.10 bits per heavy atom. The van der Waals surface area contributed by atoms with Gasteiger partial charge in [0.2, 0.25) is 0 Å². The van der Waals surface area contributed by atoms with Crippen molar-refractivity contribution in [3.8, 4) is 0 Å². The Bertz CT molecular complexity index is 394. The summed E-state index contributed by atoms with van der Waals surface area (Å²) < 4.78 is 0. The molecule has 0 saturated heterocycles. The van der Waals surface area contributed by atoms with Crippen LogP contribution in [-0.4, -0.2) is 37.3 Å². The van der Waals surface area contributed by atoms with Crippen molar-refractivity contribution in [1.29, 1.82) is 0 Å². The molecule has 0 atom stereocenters. The summed E-state index contributed by atoms with van der Waals surface area (Å²) >= 11 is 1.80. The van der Waals surface area contributed by atoms with Crippen LogP contribution >= 0.6 is 11.8 Å². The van der Waals surface area contributed by atoms with Crippen LogP contribution in [0.3, 0.4) is 0 Å². The van der Waals surface area contributed by atoms with E-state index in [4.69, 9.17) is 0 Å². The number of rotatable bonds is 6. The molecule has 0 bridgehead atoms. The van der Waals surface area contributed by atoms with Crippen LogP contribution in [0, 0.1) is 0 Å². The summed E-state index contributed by atoms with van der Waals surface area (Å²) in [6.45, 7) is 2.08. The number of hydrogen-bond donors (Lipinski definition) is 1. The first-order valence-electron chi connectivity index (χ1n) is 7.67. The van der Waals surface area contributed by atoms with Crippen LogP contribution in [0.15, 0.2) is 29.2 Å². The zero-order valence-electron chi connectivity index (χ0n) is 13.1. The van der Waals surface area contributed by atoms with E-state index in [-0.39, 0.29) is 0 Å². The Hall–Kier alpha value is -0.510. The van der Waals surface area contributed by atoms with Gasteiger partial charge in [-0.05, 0) is 50.9 Å². The second-order valence-corrected chi connectivity index (χ2v) is 7.01. The summed E-state index contributed by atoms with van der Waals surface area (Å²) in [6, 6.07) is 8.90. The molecule has 1 aromatic rings. The van der Waals surface area contributed by atoms with Gasteiger partial charge in [-0.3, -0.25) is 0 Å². The van der Waals surface area contributed by atoms with Crippen molar-refractivity contribution in [2.75, 3.05) is 26.9 Å². The molecule has 0 radical (unpaired) electrons. The van der Waals surface area contributed by atoms with Crippen molar-refractivity contribution in [3.05, 3.63) is 29.8 Å². The fraction of sp³-hybridized carbons (Fsp3) is 0.647. The maximum absolute atomic E-state index is 3.68. The van der Waals surface area contributed by atoms with Crippen molar-refractivity contribution < 1.29 is 0 Å². The molecule has 112 valence electrons. The summed E-state index contributed by atoms with van der Waals surface area (Å²) in [4.78, 5) is 3.78. The van der Waals surface area contributed by atoms with Gasteiger partial charge in [0.25, 0.3) is 0 Å². The Balaban J connectivity index is 1.86. The Morgan fingerprint density at radius 3 is 2.30 bits per heavy atom. The van der Waals surface area contributed by atoms with Gasteiger partial charge >= 0.3 is 0 Å². The van der Waals surface area contributed by atoms with Gasteiger partial charge in [-0.25, -0.2) is 0 Å². The molecule has 20 heavy (non-hydrogen) atoms. The normalized spacial score (nSPS) is 18.4. The zero-order valence-corrected chi connectivity index (χ0v) is 13.9. The molecule has 0 unspecified atom stereocenters. The van der Waals surface area contributed by atoms with E-state index in [2.05, 4.69) is 54.8 Å². The highest BCUT2D eigenvalue weighted by Crippen LogP contribution is 2.31. The van der Waals surface area contributed by atoms with Crippen LogP contribution in [0.5, 0.6) is 0 Å². The fourth-order valence-corrected chi connectivity index (χ4v) is 3.58. The lowest BCUT2D eigenvalue weighted by Crippen LogP contribution is -2.52. The highest BCUT2D eigenvalue weighted by molar-refractivity contribution is 7.98. The summed E-state index contributed by atoms with van der Waals surface area (Å²) in [5, 5.41) is 3.68. The van der Waals surface area contributed by atoms with E-state index < -0.39 is 0 Å². The third-order valence-electron chi connectivity index (χ3n) is 4.68. The molecule has 1 saturated carbocycles. The van der Waals surface area contributed by atoms with Gasteiger partial charge in [0.15, 0.2) is 0 Å². The second-order valence-electron chi connectivity index (χ2n) is 6.13. The van der Waals surface area contributed by atoms with E-state index >= 15 is 0 Å². The van der Waals surface area contributed by atoms with Crippen LogP contribution in [0.2, 0.25) is 0 Å². The minimum absolute atomic E-state index is 0.372. The fourth-order valence-electron chi connectivity index (χ4n) is 3.17. The largest absolute Gasteiger partial charge is 0.311 e. The molecule has 1 N–H and O–H groups in total. The molecule has 1 aliphatic carbocycles. The lowest BCUT2D eigenvalue weighted by molar-refractivity contribution is 0.0984. The maximum Gasteiger partial charge on any atom is 0.0328 e. The molecule has 0 heterocycles. The number of benzene rings is 1. The van der Waals surface area contributed by atoms with Gasteiger partial charge in [-0.1, -0.05) is 31.4 Å². The predicted molar refractivity (Wildman–Crippen MR) is 89.4 cm³/mol. The van der Waals surface area contributed by atoms with E-state index in [1.165, 1.54) is 42.6 Å². The molecule has 0 aliphatic heterocycles. The standard InChI is InChI=1S/C17H28N2S/c1-19(2)17(11-5-4-6-12-17)14-18-13-15-7-9-16(20-3)10-8-15/h7-10,18H,4-6,11-14H2,1-3H3. The number of hydrogen-bond acceptors (Lipinski definition) is 3. The lowest BCUT2D eigenvalue weighted by atomic mass is 9.80. The summed E-state index contributed by atoms with van der Waals surface area (Å²) in [5.74, 6) is 0. The summed E-state index contributed by atoms with van der Waals surface area (Å²) in [5.41, 5.74) is 1.75. The third-order valence-corrected chi connectivity index (χ3v) is 5.42. The Labute approximate surface area is 128 Å². The van der Waals surface area contributed by atoms with Gasteiger partial charge in [-0.2, -0.15) is 0 Å². The highest BCUT2D eigenvalue weighted by atomic mass is 32.2. The van der Waals surface area contributed by atoms with Crippen molar-refractivity contribution >= 4 is 11.8 Å². The molecule has 1 aromatic carbocycles. The molecule has 0 amide bonds. The SMILES string of the molecule is CSc1ccc(CNCC2(N(C)C)CCCCC2)cc1. The Kier molecular flexibility index (Phi) is 5.94.